The molecule has 0 saturated carbocycles. The number of nitrogens with zero attached hydrogens (tertiary/aromatic N) is 2. The van der Waals surface area contributed by atoms with Crippen LogP contribution in [-0.2, 0) is 25.7 Å². The topological polar surface area (TPSA) is 6.48 Å². The van der Waals surface area contributed by atoms with Crippen molar-refractivity contribution in [1.29, 1.82) is 0 Å². The van der Waals surface area contributed by atoms with Crippen LogP contribution in [0.3, 0.4) is 0 Å². The molecule has 0 N–H and O–H groups in total. The lowest BCUT2D eigenvalue weighted by atomic mass is 9.91. The third kappa shape index (κ3) is 5.18. The number of anilines is 6. The van der Waals surface area contributed by atoms with E-state index in [1.54, 1.807) is 0 Å². The fourth-order valence-electron chi connectivity index (χ4n) is 8.10. The third-order valence-corrected chi connectivity index (χ3v) is 10.5. The van der Waals surface area contributed by atoms with Crippen LogP contribution in [0.4, 0.5) is 34.1 Å². The van der Waals surface area contributed by atoms with Gasteiger partial charge in [-0.2, -0.15) is 0 Å². The molecule has 0 radical (unpaired) electrons. The first-order valence-corrected chi connectivity index (χ1v) is 18.3. The molecule has 2 heteroatoms. The van der Waals surface area contributed by atoms with Crippen molar-refractivity contribution < 1.29 is 0 Å². The molecule has 0 amide bonds. The zero-order valence-electron chi connectivity index (χ0n) is 29.6. The molecule has 0 aliphatic rings. The van der Waals surface area contributed by atoms with E-state index in [9.17, 15) is 0 Å². The molecule has 8 rings (SSSR count). The summed E-state index contributed by atoms with van der Waals surface area (Å²) in [5, 5.41) is 7.70. The van der Waals surface area contributed by atoms with E-state index >= 15 is 0 Å². The summed E-state index contributed by atoms with van der Waals surface area (Å²) in [7, 11) is 0. The Balaban J connectivity index is 1.45. The van der Waals surface area contributed by atoms with Gasteiger partial charge in [-0.25, -0.2) is 0 Å². The maximum atomic E-state index is 2.52. The first kappa shape index (κ1) is 31.7. The van der Waals surface area contributed by atoms with E-state index in [1.165, 1.54) is 88.7 Å². The number of aryl methyl sites for hydroxylation is 4. The minimum atomic E-state index is 0.968. The molecule has 2 nitrogen and oxygen atoms in total. The maximum absolute atomic E-state index is 2.52. The van der Waals surface area contributed by atoms with Gasteiger partial charge >= 0.3 is 0 Å². The summed E-state index contributed by atoms with van der Waals surface area (Å²) >= 11 is 0. The highest BCUT2D eigenvalue weighted by molar-refractivity contribution is 6.28. The van der Waals surface area contributed by atoms with Crippen molar-refractivity contribution in [3.63, 3.8) is 0 Å². The van der Waals surface area contributed by atoms with Crippen LogP contribution in [0.1, 0.15) is 49.9 Å². The number of benzene rings is 8. The summed E-state index contributed by atoms with van der Waals surface area (Å²) in [5.74, 6) is 0. The molecule has 0 heterocycles. The highest BCUT2D eigenvalue weighted by Crippen LogP contribution is 2.49. The maximum Gasteiger partial charge on any atom is 0.0540 e. The largest absolute Gasteiger partial charge is 0.309 e. The molecule has 50 heavy (non-hydrogen) atoms. The quantitative estimate of drug-likeness (QED) is 0.136. The van der Waals surface area contributed by atoms with Crippen LogP contribution in [0, 0.1) is 0 Å². The van der Waals surface area contributed by atoms with Gasteiger partial charge in [0.2, 0.25) is 0 Å². The average molecular weight is 649 g/mol. The zero-order chi connectivity index (χ0) is 34.2. The SMILES string of the molecule is CCc1cccc(CC)c1N(c1ccccc1)c1ccc2ccc3c(N(c4ccccc4)c4c(CC)cccc4CC)ccc4ccc1c2c43. The van der Waals surface area contributed by atoms with Crippen LogP contribution in [-0.4, -0.2) is 0 Å². The lowest BCUT2D eigenvalue weighted by molar-refractivity contribution is 1.06. The smallest absolute Gasteiger partial charge is 0.0540 e. The van der Waals surface area contributed by atoms with Crippen molar-refractivity contribution in [1.82, 2.24) is 0 Å². The second-order valence-electron chi connectivity index (χ2n) is 13.2. The number of rotatable bonds is 10. The Morgan fingerprint density at radius 3 is 1.02 bits per heavy atom. The molecule has 0 fully saturated rings. The number of hydrogen-bond acceptors (Lipinski definition) is 2. The van der Waals surface area contributed by atoms with Gasteiger partial charge in [0.25, 0.3) is 0 Å². The van der Waals surface area contributed by atoms with E-state index in [0.29, 0.717) is 0 Å². The monoisotopic (exact) mass is 648 g/mol. The molecule has 0 aromatic heterocycles. The van der Waals surface area contributed by atoms with Gasteiger partial charge in [0.15, 0.2) is 0 Å². The first-order valence-electron chi connectivity index (χ1n) is 18.3. The van der Waals surface area contributed by atoms with Crippen LogP contribution >= 0.6 is 0 Å². The summed E-state index contributed by atoms with van der Waals surface area (Å²) in [6, 6.07) is 54.1. The predicted molar refractivity (Wildman–Crippen MR) is 217 cm³/mol. The van der Waals surface area contributed by atoms with Gasteiger partial charge in [0.05, 0.1) is 22.7 Å². The molecule has 8 aromatic rings. The van der Waals surface area contributed by atoms with Crippen molar-refractivity contribution in [3.05, 3.63) is 168 Å². The standard InChI is InChI=1S/C48H44N2/c1-5-33-17-15-18-34(6-2)47(33)49(39-21-11-9-12-22-39)43-31-27-37-26-30-42-44(32-28-38-25-29-41(43)45(37)46(38)42)50(40-23-13-10-14-24-40)48-35(7-3)19-16-20-36(48)8-4/h9-32H,5-8H2,1-4H3. The Morgan fingerprint density at radius 1 is 0.340 bits per heavy atom. The Bertz CT molecular complexity index is 2210. The molecule has 0 unspecified atom stereocenters. The number of hydrogen-bond donors (Lipinski definition) is 0. The summed E-state index contributed by atoms with van der Waals surface area (Å²) in [4.78, 5) is 5.04. The third-order valence-electron chi connectivity index (χ3n) is 10.5. The molecule has 0 spiro atoms. The molecule has 0 aliphatic carbocycles. The molecule has 0 atom stereocenters. The lowest BCUT2D eigenvalue weighted by Crippen LogP contribution is -2.15. The van der Waals surface area contributed by atoms with Crippen molar-refractivity contribution in [2.75, 3.05) is 9.80 Å². The second kappa shape index (κ2) is 13.4. The molecule has 8 aromatic carbocycles. The van der Waals surface area contributed by atoms with Crippen LogP contribution in [0.2, 0.25) is 0 Å². The van der Waals surface area contributed by atoms with Gasteiger partial charge in [0, 0.05) is 22.1 Å². The summed E-state index contributed by atoms with van der Waals surface area (Å²) in [6.07, 6.45) is 3.87. The Hall–Kier alpha value is -5.60. The van der Waals surface area contributed by atoms with Gasteiger partial charge in [-0.05, 0) is 106 Å². The van der Waals surface area contributed by atoms with Crippen molar-refractivity contribution in [2.45, 2.75) is 53.4 Å². The van der Waals surface area contributed by atoms with Gasteiger partial charge < -0.3 is 9.80 Å². The summed E-state index contributed by atoms with van der Waals surface area (Å²) in [6.45, 7) is 9.08. The van der Waals surface area contributed by atoms with Gasteiger partial charge in [-0.3, -0.25) is 0 Å². The van der Waals surface area contributed by atoms with E-state index in [2.05, 4.69) is 183 Å². The molecular weight excluding hydrogens is 605 g/mol. The Kier molecular flexibility index (Phi) is 8.46. The normalized spacial score (nSPS) is 11.5. The fraction of sp³-hybridized carbons (Fsp3) is 0.167. The van der Waals surface area contributed by atoms with Crippen molar-refractivity contribution in [2.24, 2.45) is 0 Å². The van der Waals surface area contributed by atoms with E-state index in [0.717, 1.165) is 25.7 Å². The van der Waals surface area contributed by atoms with E-state index < -0.39 is 0 Å². The van der Waals surface area contributed by atoms with Crippen LogP contribution in [0.5, 0.6) is 0 Å². The minimum absolute atomic E-state index is 0.968. The van der Waals surface area contributed by atoms with E-state index in [-0.39, 0.29) is 0 Å². The average Bonchev–Trinajstić information content (AvgIpc) is 3.18. The van der Waals surface area contributed by atoms with Crippen molar-refractivity contribution >= 4 is 66.4 Å². The van der Waals surface area contributed by atoms with Gasteiger partial charge in [-0.1, -0.05) is 137 Å². The van der Waals surface area contributed by atoms with Crippen molar-refractivity contribution in [3.8, 4) is 0 Å². The highest BCUT2D eigenvalue weighted by atomic mass is 15.2. The van der Waals surface area contributed by atoms with Gasteiger partial charge in [0.1, 0.15) is 0 Å². The Labute approximate surface area is 296 Å². The summed E-state index contributed by atoms with van der Waals surface area (Å²) in [5.41, 5.74) is 12.8. The molecule has 0 bridgehead atoms. The van der Waals surface area contributed by atoms with Crippen LogP contribution in [0.15, 0.2) is 146 Å². The Morgan fingerprint density at radius 2 is 0.680 bits per heavy atom. The molecule has 246 valence electrons. The first-order chi connectivity index (χ1) is 24.7. The van der Waals surface area contributed by atoms with Crippen LogP contribution < -0.4 is 9.80 Å². The number of para-hydroxylation sites is 4. The lowest BCUT2D eigenvalue weighted by Gasteiger charge is -2.32. The second-order valence-corrected chi connectivity index (χ2v) is 13.2. The fourth-order valence-corrected chi connectivity index (χ4v) is 8.10. The van der Waals surface area contributed by atoms with Crippen LogP contribution in [0.25, 0.3) is 32.3 Å². The molecule has 0 saturated heterocycles. The summed E-state index contributed by atoms with van der Waals surface area (Å²) < 4.78 is 0. The van der Waals surface area contributed by atoms with E-state index in [4.69, 9.17) is 0 Å². The predicted octanol–water partition coefficient (Wildman–Crippen LogP) is 13.8. The minimum Gasteiger partial charge on any atom is -0.309 e. The van der Waals surface area contributed by atoms with Gasteiger partial charge in [-0.15, -0.1) is 0 Å². The molecular formula is C48H44N2. The zero-order valence-corrected chi connectivity index (χ0v) is 29.6. The molecule has 0 aliphatic heterocycles. The van der Waals surface area contributed by atoms with E-state index in [1.807, 2.05) is 0 Å². The highest BCUT2D eigenvalue weighted by Gasteiger charge is 2.25.